The van der Waals surface area contributed by atoms with Gasteiger partial charge >= 0.3 is 0 Å². The number of anilines is 1. The zero-order valence-corrected chi connectivity index (χ0v) is 20.3. The van der Waals surface area contributed by atoms with E-state index in [1.165, 1.54) is 11.1 Å². The first-order valence-electron chi connectivity index (χ1n) is 9.70. The van der Waals surface area contributed by atoms with Crippen LogP contribution in [-0.4, -0.2) is 6.61 Å². The monoisotopic (exact) mass is 507 g/mol. The molecule has 0 fully saturated rings. The summed E-state index contributed by atoms with van der Waals surface area (Å²) in [6.07, 6.45) is 0. The molecular formula is C24H24BrCl2NO2. The van der Waals surface area contributed by atoms with Crippen LogP contribution in [-0.2, 0) is 13.2 Å². The smallest absolute Gasteiger partial charge is 0.175 e. The summed E-state index contributed by atoms with van der Waals surface area (Å²) in [5.74, 6) is 1.34. The second-order valence-electron chi connectivity index (χ2n) is 7.01. The van der Waals surface area contributed by atoms with Gasteiger partial charge in [-0.05, 0) is 89.8 Å². The number of nitrogens with one attached hydrogen (secondary N) is 1. The Bertz CT molecular complexity index is 1040. The molecule has 0 atom stereocenters. The Labute approximate surface area is 196 Å². The first kappa shape index (κ1) is 22.8. The Morgan fingerprint density at radius 2 is 1.73 bits per heavy atom. The lowest BCUT2D eigenvalue weighted by Gasteiger charge is -2.17. The molecule has 158 valence electrons. The molecule has 0 heterocycles. The molecule has 0 radical (unpaired) electrons. The van der Waals surface area contributed by atoms with E-state index in [1.54, 1.807) is 12.1 Å². The van der Waals surface area contributed by atoms with E-state index in [2.05, 4.69) is 53.3 Å². The predicted molar refractivity (Wildman–Crippen MR) is 129 cm³/mol. The topological polar surface area (TPSA) is 30.5 Å². The fourth-order valence-electron chi connectivity index (χ4n) is 2.97. The van der Waals surface area contributed by atoms with Gasteiger partial charge in [-0.3, -0.25) is 0 Å². The summed E-state index contributed by atoms with van der Waals surface area (Å²) >= 11 is 15.9. The van der Waals surface area contributed by atoms with Crippen molar-refractivity contribution in [3.05, 3.63) is 85.3 Å². The van der Waals surface area contributed by atoms with Crippen LogP contribution in [0.25, 0.3) is 0 Å². The highest BCUT2D eigenvalue weighted by Crippen LogP contribution is 2.38. The summed E-state index contributed by atoms with van der Waals surface area (Å²) in [6, 6.07) is 15.8. The molecule has 0 aliphatic carbocycles. The van der Waals surface area contributed by atoms with E-state index in [0.717, 1.165) is 21.3 Å². The summed E-state index contributed by atoms with van der Waals surface area (Å²) in [7, 11) is 0. The molecule has 0 saturated heterocycles. The third-order valence-electron chi connectivity index (χ3n) is 4.76. The zero-order chi connectivity index (χ0) is 21.7. The number of benzene rings is 3. The maximum absolute atomic E-state index is 6.27. The van der Waals surface area contributed by atoms with Crippen molar-refractivity contribution >= 4 is 44.8 Å². The molecule has 0 aromatic heterocycles. The van der Waals surface area contributed by atoms with Gasteiger partial charge < -0.3 is 14.8 Å². The van der Waals surface area contributed by atoms with E-state index in [-0.39, 0.29) is 0 Å². The van der Waals surface area contributed by atoms with Gasteiger partial charge in [0.05, 0.1) is 11.1 Å². The van der Waals surface area contributed by atoms with Gasteiger partial charge in [-0.1, -0.05) is 35.3 Å². The first-order chi connectivity index (χ1) is 14.4. The van der Waals surface area contributed by atoms with E-state index in [4.69, 9.17) is 32.7 Å². The predicted octanol–water partition coefficient (Wildman–Crippen LogP) is 7.96. The zero-order valence-electron chi connectivity index (χ0n) is 17.2. The van der Waals surface area contributed by atoms with Crippen LogP contribution in [0.5, 0.6) is 11.5 Å². The molecule has 0 spiro atoms. The van der Waals surface area contributed by atoms with Crippen LogP contribution in [0.1, 0.15) is 29.2 Å². The largest absolute Gasteiger partial charge is 0.490 e. The summed E-state index contributed by atoms with van der Waals surface area (Å²) in [5.41, 5.74) is 5.58. The third-order valence-corrected chi connectivity index (χ3v) is 5.94. The van der Waals surface area contributed by atoms with Gasteiger partial charge in [0.1, 0.15) is 6.61 Å². The lowest BCUT2D eigenvalue weighted by Crippen LogP contribution is -2.04. The lowest BCUT2D eigenvalue weighted by molar-refractivity contribution is 0.267. The van der Waals surface area contributed by atoms with E-state index in [9.17, 15) is 0 Å². The number of ether oxygens (including phenoxy) is 2. The van der Waals surface area contributed by atoms with Gasteiger partial charge in [0.2, 0.25) is 0 Å². The highest BCUT2D eigenvalue weighted by atomic mass is 79.9. The molecule has 3 aromatic rings. The van der Waals surface area contributed by atoms with Crippen molar-refractivity contribution in [2.75, 3.05) is 11.9 Å². The molecule has 0 bridgehead atoms. The number of aryl methyl sites for hydroxylation is 2. The highest BCUT2D eigenvalue weighted by molar-refractivity contribution is 9.10. The summed E-state index contributed by atoms with van der Waals surface area (Å²) in [5, 5.41) is 4.64. The Hall–Kier alpha value is -1.88. The normalized spacial score (nSPS) is 10.7. The van der Waals surface area contributed by atoms with Crippen LogP contribution in [0.15, 0.2) is 53.0 Å². The Balaban J connectivity index is 1.76. The number of hydrogen-bond donors (Lipinski definition) is 1. The van der Waals surface area contributed by atoms with Crippen LogP contribution in [0.3, 0.4) is 0 Å². The Morgan fingerprint density at radius 1 is 0.933 bits per heavy atom. The maximum Gasteiger partial charge on any atom is 0.175 e. The first-order valence-corrected chi connectivity index (χ1v) is 11.3. The maximum atomic E-state index is 6.27. The highest BCUT2D eigenvalue weighted by Gasteiger charge is 2.14. The lowest BCUT2D eigenvalue weighted by atomic mass is 10.1. The van der Waals surface area contributed by atoms with Crippen LogP contribution < -0.4 is 14.8 Å². The van der Waals surface area contributed by atoms with Crippen molar-refractivity contribution in [1.29, 1.82) is 0 Å². The molecule has 3 aromatic carbocycles. The molecule has 0 unspecified atom stereocenters. The number of rotatable bonds is 8. The van der Waals surface area contributed by atoms with Crippen LogP contribution in [0.2, 0.25) is 10.0 Å². The SMILES string of the molecule is CCOc1cc(CNc2ccc(C)c(C)c2)cc(Br)c1OCc1ccc(Cl)cc1Cl. The van der Waals surface area contributed by atoms with Gasteiger partial charge in [-0.2, -0.15) is 0 Å². The fraction of sp³-hybridized carbons (Fsp3) is 0.250. The quantitative estimate of drug-likeness (QED) is 0.334. The second kappa shape index (κ2) is 10.4. The molecule has 0 saturated carbocycles. The third kappa shape index (κ3) is 5.84. The molecule has 3 nitrogen and oxygen atoms in total. The fourth-order valence-corrected chi connectivity index (χ4v) is 4.04. The minimum absolute atomic E-state index is 0.314. The molecule has 0 aliphatic heterocycles. The van der Waals surface area contributed by atoms with Gasteiger partial charge in [-0.15, -0.1) is 0 Å². The van der Waals surface area contributed by atoms with Gasteiger partial charge in [0.15, 0.2) is 11.5 Å². The molecule has 0 aliphatic rings. The molecule has 3 rings (SSSR count). The van der Waals surface area contributed by atoms with E-state index >= 15 is 0 Å². The summed E-state index contributed by atoms with van der Waals surface area (Å²) < 4.78 is 12.7. The van der Waals surface area contributed by atoms with Gasteiger partial charge in [0, 0.05) is 27.8 Å². The van der Waals surface area contributed by atoms with Crippen LogP contribution in [0, 0.1) is 13.8 Å². The Kier molecular flexibility index (Phi) is 7.93. The Morgan fingerprint density at radius 3 is 2.43 bits per heavy atom. The molecule has 6 heteroatoms. The van der Waals surface area contributed by atoms with Gasteiger partial charge in [0.25, 0.3) is 0 Å². The average molecular weight is 509 g/mol. The second-order valence-corrected chi connectivity index (χ2v) is 8.71. The number of halogens is 3. The van der Waals surface area contributed by atoms with Crippen molar-refractivity contribution in [3.8, 4) is 11.5 Å². The molecule has 30 heavy (non-hydrogen) atoms. The van der Waals surface area contributed by atoms with Crippen molar-refractivity contribution in [3.63, 3.8) is 0 Å². The molecule has 1 N–H and O–H groups in total. The van der Waals surface area contributed by atoms with E-state index in [0.29, 0.717) is 41.3 Å². The minimum atomic E-state index is 0.314. The van der Waals surface area contributed by atoms with E-state index in [1.807, 2.05) is 25.1 Å². The molecular weight excluding hydrogens is 485 g/mol. The van der Waals surface area contributed by atoms with E-state index < -0.39 is 0 Å². The van der Waals surface area contributed by atoms with Gasteiger partial charge in [-0.25, -0.2) is 0 Å². The standard InChI is InChI=1S/C24H24BrCl2NO2/c1-4-29-23-11-17(13-28-20-8-5-15(2)16(3)9-20)10-21(25)24(23)30-14-18-6-7-19(26)12-22(18)27/h5-12,28H,4,13-14H2,1-3H3. The average Bonchev–Trinajstić information content (AvgIpc) is 2.70. The molecule has 0 amide bonds. The van der Waals surface area contributed by atoms with Crippen molar-refractivity contribution < 1.29 is 9.47 Å². The van der Waals surface area contributed by atoms with Crippen LogP contribution >= 0.6 is 39.1 Å². The minimum Gasteiger partial charge on any atom is -0.490 e. The van der Waals surface area contributed by atoms with Crippen molar-refractivity contribution in [2.45, 2.75) is 33.9 Å². The van der Waals surface area contributed by atoms with Crippen molar-refractivity contribution in [2.24, 2.45) is 0 Å². The summed E-state index contributed by atoms with van der Waals surface area (Å²) in [4.78, 5) is 0. The van der Waals surface area contributed by atoms with Crippen molar-refractivity contribution in [1.82, 2.24) is 0 Å². The number of hydrogen-bond acceptors (Lipinski definition) is 3. The summed E-state index contributed by atoms with van der Waals surface area (Å²) in [6.45, 7) is 7.70. The van der Waals surface area contributed by atoms with Crippen LogP contribution in [0.4, 0.5) is 5.69 Å².